The van der Waals surface area contributed by atoms with Crippen molar-refractivity contribution in [2.45, 2.75) is 13.8 Å². The fourth-order valence-electron chi connectivity index (χ4n) is 2.34. The number of hydrogen-bond acceptors (Lipinski definition) is 2. The van der Waals surface area contributed by atoms with E-state index in [1.54, 1.807) is 22.8 Å². The molecule has 0 N–H and O–H groups in total. The van der Waals surface area contributed by atoms with Crippen molar-refractivity contribution in [1.82, 2.24) is 9.55 Å². The molecule has 0 amide bonds. The molecular formula is C16H13ClN2O. The second-order valence-corrected chi connectivity index (χ2v) is 5.24. The summed E-state index contributed by atoms with van der Waals surface area (Å²) < 4.78 is 1.63. The van der Waals surface area contributed by atoms with Gasteiger partial charge in [-0.05, 0) is 49.7 Å². The van der Waals surface area contributed by atoms with Gasteiger partial charge < -0.3 is 0 Å². The Morgan fingerprint density at radius 1 is 1.10 bits per heavy atom. The predicted octanol–water partition coefficient (Wildman–Crippen LogP) is 3.66. The third-order valence-corrected chi connectivity index (χ3v) is 3.49. The van der Waals surface area contributed by atoms with E-state index in [0.717, 1.165) is 11.3 Å². The van der Waals surface area contributed by atoms with Crippen molar-refractivity contribution in [3.63, 3.8) is 0 Å². The minimum atomic E-state index is -0.0743. The molecule has 0 bridgehead atoms. The Bertz CT molecular complexity index is 868. The summed E-state index contributed by atoms with van der Waals surface area (Å²) in [5, 5.41) is 1.15. The van der Waals surface area contributed by atoms with Crippen molar-refractivity contribution in [3.8, 4) is 5.69 Å². The second-order valence-electron chi connectivity index (χ2n) is 4.80. The normalized spacial score (nSPS) is 10.9. The number of aryl methyl sites for hydroxylation is 2. The molecule has 3 nitrogen and oxygen atoms in total. The fraction of sp³-hybridized carbons (Fsp3) is 0.125. The second kappa shape index (κ2) is 4.76. The van der Waals surface area contributed by atoms with Gasteiger partial charge in [-0.3, -0.25) is 9.36 Å². The number of fused-ring (bicyclic) bond motifs is 1. The van der Waals surface area contributed by atoms with Crippen molar-refractivity contribution in [1.29, 1.82) is 0 Å². The van der Waals surface area contributed by atoms with Crippen molar-refractivity contribution in [2.75, 3.05) is 0 Å². The Morgan fingerprint density at radius 3 is 2.65 bits per heavy atom. The van der Waals surface area contributed by atoms with Crippen molar-refractivity contribution < 1.29 is 0 Å². The van der Waals surface area contributed by atoms with Gasteiger partial charge >= 0.3 is 0 Å². The highest BCUT2D eigenvalue weighted by Gasteiger charge is 2.10. The highest BCUT2D eigenvalue weighted by atomic mass is 35.5. The van der Waals surface area contributed by atoms with Crippen LogP contribution in [0.25, 0.3) is 16.6 Å². The zero-order valence-corrected chi connectivity index (χ0v) is 12.0. The Labute approximate surface area is 121 Å². The average molecular weight is 285 g/mol. The molecule has 0 spiro atoms. The molecule has 0 aliphatic carbocycles. The molecule has 20 heavy (non-hydrogen) atoms. The summed E-state index contributed by atoms with van der Waals surface area (Å²) in [6, 6.07) is 13.0. The van der Waals surface area contributed by atoms with Crippen LogP contribution in [0.2, 0.25) is 5.02 Å². The fourth-order valence-corrected chi connectivity index (χ4v) is 2.51. The molecule has 0 atom stereocenters. The van der Waals surface area contributed by atoms with Gasteiger partial charge in [0, 0.05) is 5.02 Å². The van der Waals surface area contributed by atoms with Crippen LogP contribution in [0.1, 0.15) is 11.4 Å². The van der Waals surface area contributed by atoms with E-state index in [4.69, 9.17) is 11.6 Å². The van der Waals surface area contributed by atoms with Gasteiger partial charge in [-0.15, -0.1) is 0 Å². The molecule has 0 saturated heterocycles. The van der Waals surface area contributed by atoms with Gasteiger partial charge in [0.25, 0.3) is 5.56 Å². The van der Waals surface area contributed by atoms with Crippen LogP contribution in [0.5, 0.6) is 0 Å². The van der Waals surface area contributed by atoms with E-state index in [1.165, 1.54) is 0 Å². The van der Waals surface area contributed by atoms with Crippen molar-refractivity contribution >= 4 is 22.5 Å². The summed E-state index contributed by atoms with van der Waals surface area (Å²) in [6.07, 6.45) is 0. The van der Waals surface area contributed by atoms with Crippen LogP contribution in [0.15, 0.2) is 47.3 Å². The third-order valence-electron chi connectivity index (χ3n) is 3.26. The van der Waals surface area contributed by atoms with Crippen LogP contribution in [0.4, 0.5) is 0 Å². The lowest BCUT2D eigenvalue weighted by Gasteiger charge is -2.11. The number of halogens is 1. The third kappa shape index (κ3) is 2.10. The quantitative estimate of drug-likeness (QED) is 0.683. The van der Waals surface area contributed by atoms with E-state index in [0.29, 0.717) is 21.7 Å². The van der Waals surface area contributed by atoms with Crippen LogP contribution in [0, 0.1) is 13.8 Å². The maximum atomic E-state index is 12.7. The summed E-state index contributed by atoms with van der Waals surface area (Å²) in [4.78, 5) is 17.1. The molecule has 0 aliphatic heterocycles. The van der Waals surface area contributed by atoms with Crippen molar-refractivity contribution in [2.24, 2.45) is 0 Å². The van der Waals surface area contributed by atoms with Crippen LogP contribution < -0.4 is 5.56 Å². The molecule has 2 aromatic carbocycles. The minimum Gasteiger partial charge on any atom is -0.268 e. The lowest BCUT2D eigenvalue weighted by atomic mass is 10.2. The van der Waals surface area contributed by atoms with Crippen LogP contribution in [-0.4, -0.2) is 9.55 Å². The summed E-state index contributed by atoms with van der Waals surface area (Å²) in [7, 11) is 0. The zero-order valence-electron chi connectivity index (χ0n) is 11.2. The molecule has 1 heterocycles. The molecule has 0 fully saturated rings. The number of rotatable bonds is 1. The summed E-state index contributed by atoms with van der Waals surface area (Å²) in [5.41, 5.74) is 2.49. The number of aromatic nitrogens is 2. The number of nitrogens with zero attached hydrogens (tertiary/aromatic N) is 2. The Kier molecular flexibility index (Phi) is 3.07. The van der Waals surface area contributed by atoms with Gasteiger partial charge in [0.15, 0.2) is 0 Å². The molecule has 0 aliphatic rings. The van der Waals surface area contributed by atoms with E-state index < -0.39 is 0 Å². The molecule has 100 valence electrons. The van der Waals surface area contributed by atoms with Crippen LogP contribution in [-0.2, 0) is 0 Å². The van der Waals surface area contributed by atoms with Gasteiger partial charge in [0.2, 0.25) is 0 Å². The van der Waals surface area contributed by atoms with E-state index in [9.17, 15) is 4.79 Å². The summed E-state index contributed by atoms with van der Waals surface area (Å²) in [5.74, 6) is 0.648. The van der Waals surface area contributed by atoms with E-state index in [-0.39, 0.29) is 5.56 Å². The average Bonchev–Trinajstić information content (AvgIpc) is 2.38. The van der Waals surface area contributed by atoms with Crippen molar-refractivity contribution in [3.05, 3.63) is 69.2 Å². The van der Waals surface area contributed by atoms with Gasteiger partial charge in [0.1, 0.15) is 5.82 Å². The summed E-state index contributed by atoms with van der Waals surface area (Å²) in [6.45, 7) is 3.82. The predicted molar refractivity (Wildman–Crippen MR) is 81.8 cm³/mol. The Morgan fingerprint density at radius 2 is 1.90 bits per heavy atom. The molecule has 0 radical (unpaired) electrons. The van der Waals surface area contributed by atoms with Crippen LogP contribution in [0.3, 0.4) is 0 Å². The van der Waals surface area contributed by atoms with Gasteiger partial charge in [0.05, 0.1) is 16.6 Å². The topological polar surface area (TPSA) is 34.9 Å². The van der Waals surface area contributed by atoms with Gasteiger partial charge in [-0.2, -0.15) is 0 Å². The molecule has 3 rings (SSSR count). The highest BCUT2D eigenvalue weighted by molar-refractivity contribution is 6.31. The highest BCUT2D eigenvalue weighted by Crippen LogP contribution is 2.17. The summed E-state index contributed by atoms with van der Waals surface area (Å²) >= 11 is 5.95. The maximum absolute atomic E-state index is 12.7. The van der Waals surface area contributed by atoms with E-state index >= 15 is 0 Å². The van der Waals surface area contributed by atoms with Gasteiger partial charge in [-0.1, -0.05) is 23.7 Å². The van der Waals surface area contributed by atoms with Crippen LogP contribution >= 0.6 is 11.6 Å². The smallest absolute Gasteiger partial charge is 0.265 e. The molecule has 0 saturated carbocycles. The standard InChI is InChI=1S/C16H13ClN2O/c1-10-4-3-5-13(8-10)19-11(2)18-15-9-12(17)6-7-14(15)16(19)20/h3-9H,1-2H3. The Balaban J connectivity index is 2.37. The number of benzene rings is 2. The maximum Gasteiger partial charge on any atom is 0.265 e. The SMILES string of the molecule is Cc1cccc(-n2c(C)nc3cc(Cl)ccc3c2=O)c1. The molecule has 0 unspecified atom stereocenters. The lowest BCUT2D eigenvalue weighted by molar-refractivity contribution is 0.893. The molecule has 3 aromatic rings. The first-order valence-corrected chi connectivity index (χ1v) is 6.70. The van der Waals surface area contributed by atoms with Gasteiger partial charge in [-0.25, -0.2) is 4.98 Å². The minimum absolute atomic E-state index is 0.0743. The first-order chi connectivity index (χ1) is 9.56. The molecule has 1 aromatic heterocycles. The first kappa shape index (κ1) is 12.9. The van der Waals surface area contributed by atoms with E-state index in [1.807, 2.05) is 38.1 Å². The Hall–Kier alpha value is -2.13. The number of hydrogen-bond donors (Lipinski definition) is 0. The lowest BCUT2D eigenvalue weighted by Crippen LogP contribution is -2.22. The monoisotopic (exact) mass is 284 g/mol. The van der Waals surface area contributed by atoms with E-state index in [2.05, 4.69) is 4.98 Å². The molecule has 4 heteroatoms. The zero-order chi connectivity index (χ0) is 14.3. The molecular weight excluding hydrogens is 272 g/mol. The largest absolute Gasteiger partial charge is 0.268 e. The first-order valence-electron chi connectivity index (χ1n) is 6.32.